The van der Waals surface area contributed by atoms with Gasteiger partial charge in [-0.3, -0.25) is 9.48 Å². The molecule has 1 heterocycles. The minimum atomic E-state index is -0.180. The van der Waals surface area contributed by atoms with E-state index in [0.29, 0.717) is 28.7 Å². The Hall–Kier alpha value is -2.30. The van der Waals surface area contributed by atoms with Crippen molar-refractivity contribution >= 4 is 29.1 Å². The van der Waals surface area contributed by atoms with Crippen molar-refractivity contribution in [2.75, 3.05) is 0 Å². The topological polar surface area (TPSA) is 46.9 Å². The van der Waals surface area contributed by atoms with Crippen molar-refractivity contribution in [3.05, 3.63) is 87.7 Å². The van der Waals surface area contributed by atoms with Gasteiger partial charge in [-0.05, 0) is 29.3 Å². The zero-order valence-electron chi connectivity index (χ0n) is 12.7. The fourth-order valence-corrected chi connectivity index (χ4v) is 2.71. The van der Waals surface area contributed by atoms with Gasteiger partial charge in [0.2, 0.25) is 0 Å². The second-order valence-electron chi connectivity index (χ2n) is 5.33. The molecule has 3 aromatic rings. The molecule has 2 aromatic carbocycles. The smallest absolute Gasteiger partial charge is 0.254 e. The average molecular weight is 360 g/mol. The maximum absolute atomic E-state index is 12.2. The minimum Gasteiger partial charge on any atom is -0.348 e. The molecule has 0 saturated carbocycles. The Labute approximate surface area is 150 Å². The summed E-state index contributed by atoms with van der Waals surface area (Å²) in [6.07, 6.45) is 3.25. The van der Waals surface area contributed by atoms with E-state index < -0.39 is 0 Å². The molecule has 0 saturated heterocycles. The number of benzene rings is 2. The lowest BCUT2D eigenvalue weighted by Crippen LogP contribution is -2.22. The first-order chi connectivity index (χ1) is 11.6. The summed E-state index contributed by atoms with van der Waals surface area (Å²) >= 11 is 12.1. The van der Waals surface area contributed by atoms with E-state index in [2.05, 4.69) is 10.4 Å². The van der Waals surface area contributed by atoms with E-state index in [-0.39, 0.29) is 5.91 Å². The van der Waals surface area contributed by atoms with Gasteiger partial charge in [-0.1, -0.05) is 53.5 Å². The second-order valence-corrected chi connectivity index (χ2v) is 6.17. The number of rotatable bonds is 5. The van der Waals surface area contributed by atoms with Crippen molar-refractivity contribution in [2.45, 2.75) is 13.1 Å². The zero-order valence-corrected chi connectivity index (χ0v) is 14.3. The van der Waals surface area contributed by atoms with Gasteiger partial charge in [0.1, 0.15) is 0 Å². The Morgan fingerprint density at radius 3 is 2.75 bits per heavy atom. The van der Waals surface area contributed by atoms with Gasteiger partial charge in [0.15, 0.2) is 0 Å². The van der Waals surface area contributed by atoms with Crippen LogP contribution >= 0.6 is 23.2 Å². The van der Waals surface area contributed by atoms with E-state index in [4.69, 9.17) is 23.2 Å². The molecule has 0 fully saturated rings. The molecule has 4 nitrogen and oxygen atoms in total. The molecule has 1 amide bonds. The Bertz CT molecular complexity index is 861. The van der Waals surface area contributed by atoms with Gasteiger partial charge in [-0.15, -0.1) is 0 Å². The predicted molar refractivity (Wildman–Crippen MR) is 95.4 cm³/mol. The molecular formula is C18H15Cl2N3O. The lowest BCUT2D eigenvalue weighted by molar-refractivity contribution is 0.0951. The van der Waals surface area contributed by atoms with E-state index in [0.717, 1.165) is 11.1 Å². The first kappa shape index (κ1) is 16.6. The summed E-state index contributed by atoms with van der Waals surface area (Å²) in [5.41, 5.74) is 2.40. The standard InChI is InChI=1S/C18H15Cl2N3O/c19-16-6-3-4-13(8-16)9-21-18(24)15-10-22-23(12-15)11-14-5-1-2-7-17(14)20/h1-8,10,12H,9,11H2,(H,21,24). The maximum Gasteiger partial charge on any atom is 0.254 e. The highest BCUT2D eigenvalue weighted by Crippen LogP contribution is 2.16. The van der Waals surface area contributed by atoms with Gasteiger partial charge in [-0.25, -0.2) is 0 Å². The summed E-state index contributed by atoms with van der Waals surface area (Å²) in [5.74, 6) is -0.180. The molecule has 6 heteroatoms. The van der Waals surface area contributed by atoms with Crippen LogP contribution in [0.1, 0.15) is 21.5 Å². The van der Waals surface area contributed by atoms with E-state index in [1.54, 1.807) is 23.1 Å². The van der Waals surface area contributed by atoms with Crippen LogP contribution in [0.2, 0.25) is 10.0 Å². The van der Waals surface area contributed by atoms with Crippen LogP contribution < -0.4 is 5.32 Å². The Morgan fingerprint density at radius 1 is 1.12 bits per heavy atom. The highest BCUT2D eigenvalue weighted by Gasteiger charge is 2.09. The van der Waals surface area contributed by atoms with E-state index in [1.165, 1.54) is 0 Å². The molecule has 0 radical (unpaired) electrons. The van der Waals surface area contributed by atoms with Crippen LogP contribution in [0.25, 0.3) is 0 Å². The third-order valence-electron chi connectivity index (χ3n) is 3.53. The summed E-state index contributed by atoms with van der Waals surface area (Å²) in [7, 11) is 0. The molecule has 0 spiro atoms. The normalized spacial score (nSPS) is 10.6. The van der Waals surface area contributed by atoms with Crippen molar-refractivity contribution in [3.8, 4) is 0 Å². The van der Waals surface area contributed by atoms with Gasteiger partial charge >= 0.3 is 0 Å². The predicted octanol–water partition coefficient (Wildman–Crippen LogP) is 4.17. The summed E-state index contributed by atoms with van der Waals surface area (Å²) in [6.45, 7) is 0.927. The Kier molecular flexibility index (Phi) is 5.18. The van der Waals surface area contributed by atoms with Crippen LogP contribution in [0, 0.1) is 0 Å². The maximum atomic E-state index is 12.2. The van der Waals surface area contributed by atoms with Crippen LogP contribution in [0.4, 0.5) is 0 Å². The number of halogens is 2. The van der Waals surface area contributed by atoms with Crippen molar-refractivity contribution in [3.63, 3.8) is 0 Å². The third kappa shape index (κ3) is 4.16. The van der Waals surface area contributed by atoms with E-state index >= 15 is 0 Å². The molecule has 1 N–H and O–H groups in total. The van der Waals surface area contributed by atoms with Crippen LogP contribution in [0.3, 0.4) is 0 Å². The summed E-state index contributed by atoms with van der Waals surface area (Å²) < 4.78 is 1.69. The molecule has 122 valence electrons. The minimum absolute atomic E-state index is 0.180. The average Bonchev–Trinajstić information content (AvgIpc) is 3.04. The second kappa shape index (κ2) is 7.51. The van der Waals surface area contributed by atoms with Crippen molar-refractivity contribution in [1.29, 1.82) is 0 Å². The molecule has 1 aromatic heterocycles. The fraction of sp³-hybridized carbons (Fsp3) is 0.111. The van der Waals surface area contributed by atoms with E-state index in [9.17, 15) is 4.79 Å². The molecule has 0 aliphatic rings. The number of hydrogen-bond donors (Lipinski definition) is 1. The number of carbonyl (C=O) groups is 1. The lowest BCUT2D eigenvalue weighted by Gasteiger charge is -2.05. The zero-order chi connectivity index (χ0) is 16.9. The molecule has 0 aliphatic heterocycles. The SMILES string of the molecule is O=C(NCc1cccc(Cl)c1)c1cnn(Cc2ccccc2Cl)c1. The number of nitrogens with one attached hydrogen (secondary N) is 1. The first-order valence-electron chi connectivity index (χ1n) is 7.40. The molecule has 3 rings (SSSR count). The van der Waals surface area contributed by atoms with Crippen LogP contribution in [0.5, 0.6) is 0 Å². The first-order valence-corrected chi connectivity index (χ1v) is 8.16. The van der Waals surface area contributed by atoms with Crippen molar-refractivity contribution in [2.24, 2.45) is 0 Å². The number of carbonyl (C=O) groups excluding carboxylic acids is 1. The van der Waals surface area contributed by atoms with Gasteiger partial charge < -0.3 is 5.32 Å². The summed E-state index contributed by atoms with van der Waals surface area (Å²) in [5, 5.41) is 8.40. The lowest BCUT2D eigenvalue weighted by atomic mass is 10.2. The number of nitrogens with zero attached hydrogens (tertiary/aromatic N) is 2. The number of hydrogen-bond acceptors (Lipinski definition) is 2. The molecule has 24 heavy (non-hydrogen) atoms. The van der Waals surface area contributed by atoms with Gasteiger partial charge in [0.25, 0.3) is 5.91 Å². The van der Waals surface area contributed by atoms with Crippen LogP contribution in [0.15, 0.2) is 60.9 Å². The molecule has 0 unspecified atom stereocenters. The van der Waals surface area contributed by atoms with Gasteiger partial charge in [0, 0.05) is 22.8 Å². The number of aromatic nitrogens is 2. The largest absolute Gasteiger partial charge is 0.348 e. The van der Waals surface area contributed by atoms with Gasteiger partial charge in [0.05, 0.1) is 18.3 Å². The monoisotopic (exact) mass is 359 g/mol. The molecular weight excluding hydrogens is 345 g/mol. The van der Waals surface area contributed by atoms with Crippen molar-refractivity contribution < 1.29 is 4.79 Å². The Morgan fingerprint density at radius 2 is 1.96 bits per heavy atom. The molecule has 0 atom stereocenters. The van der Waals surface area contributed by atoms with E-state index in [1.807, 2.05) is 42.5 Å². The summed E-state index contributed by atoms with van der Waals surface area (Å²) in [6, 6.07) is 14.9. The highest BCUT2D eigenvalue weighted by molar-refractivity contribution is 6.31. The van der Waals surface area contributed by atoms with Crippen molar-refractivity contribution in [1.82, 2.24) is 15.1 Å². The quantitative estimate of drug-likeness (QED) is 0.742. The van der Waals surface area contributed by atoms with Crippen LogP contribution in [-0.4, -0.2) is 15.7 Å². The molecule has 0 aliphatic carbocycles. The number of amides is 1. The van der Waals surface area contributed by atoms with Gasteiger partial charge in [-0.2, -0.15) is 5.10 Å². The Balaban J connectivity index is 1.62. The fourth-order valence-electron chi connectivity index (χ4n) is 2.30. The molecule has 0 bridgehead atoms. The highest BCUT2D eigenvalue weighted by atomic mass is 35.5. The summed E-state index contributed by atoms with van der Waals surface area (Å²) in [4.78, 5) is 12.2. The van der Waals surface area contributed by atoms with Crippen LogP contribution in [-0.2, 0) is 13.1 Å². The third-order valence-corrected chi connectivity index (χ3v) is 4.13.